The monoisotopic (exact) mass is 318 g/mol. The molecule has 108 valence electrons. The number of aliphatic imine (C=N–C) groups is 1. The van der Waals surface area contributed by atoms with Crippen molar-refractivity contribution in [3.8, 4) is 0 Å². The van der Waals surface area contributed by atoms with Crippen LogP contribution >= 0.6 is 23.1 Å². The van der Waals surface area contributed by atoms with E-state index in [1.165, 1.54) is 41.3 Å². The fraction of sp³-hybridized carbons (Fsp3) is 0.400. The van der Waals surface area contributed by atoms with Crippen LogP contribution in [0.4, 0.5) is 0 Å². The lowest BCUT2D eigenvalue weighted by molar-refractivity contribution is -0.137. The number of fused-ring (bicyclic) bond motifs is 1. The number of thioether (sulfide) groups is 1. The van der Waals surface area contributed by atoms with E-state index in [2.05, 4.69) is 28.2 Å². The topological polar surface area (TPSA) is 62.5 Å². The standard InChI is InChI=1S/C15H14N2O2S2/c18-15(19)11-7-20-13(17-11)14-16-10-5-4-9(6-12(10)21-14)8-2-1-3-8/h4-6,8,11H,1-3,7H2,(H,18,19)/t11-/m1/s1. The highest BCUT2D eigenvalue weighted by atomic mass is 32.2. The molecule has 0 spiro atoms. The number of hydrogen-bond donors (Lipinski definition) is 1. The van der Waals surface area contributed by atoms with Gasteiger partial charge < -0.3 is 5.11 Å². The molecule has 4 rings (SSSR count). The molecule has 1 atom stereocenters. The van der Waals surface area contributed by atoms with Crippen molar-refractivity contribution in [2.75, 3.05) is 5.75 Å². The van der Waals surface area contributed by atoms with E-state index in [1.807, 2.05) is 0 Å². The molecule has 1 saturated carbocycles. The Kier molecular flexibility index (Phi) is 3.23. The van der Waals surface area contributed by atoms with Crippen molar-refractivity contribution in [3.05, 3.63) is 28.8 Å². The molecule has 1 aromatic carbocycles. The van der Waals surface area contributed by atoms with Gasteiger partial charge in [0.2, 0.25) is 0 Å². The van der Waals surface area contributed by atoms with E-state index in [0.717, 1.165) is 21.5 Å². The number of thiazole rings is 1. The summed E-state index contributed by atoms with van der Waals surface area (Å²) in [4.78, 5) is 19.8. The lowest BCUT2D eigenvalue weighted by Gasteiger charge is -2.25. The predicted octanol–water partition coefficient (Wildman–Crippen LogP) is 3.51. The molecular weight excluding hydrogens is 304 g/mol. The summed E-state index contributed by atoms with van der Waals surface area (Å²) >= 11 is 3.11. The highest BCUT2D eigenvalue weighted by Crippen LogP contribution is 2.38. The quantitative estimate of drug-likeness (QED) is 0.940. The number of rotatable bonds is 3. The van der Waals surface area contributed by atoms with Gasteiger partial charge in [-0.25, -0.2) is 9.78 Å². The Balaban J connectivity index is 1.67. The minimum absolute atomic E-state index is 0.508. The Morgan fingerprint density at radius 1 is 1.33 bits per heavy atom. The van der Waals surface area contributed by atoms with Gasteiger partial charge in [-0.15, -0.1) is 23.1 Å². The van der Waals surface area contributed by atoms with E-state index in [0.29, 0.717) is 5.75 Å². The molecule has 0 amide bonds. The molecule has 0 unspecified atom stereocenters. The molecule has 2 aliphatic rings. The summed E-state index contributed by atoms with van der Waals surface area (Å²) < 4.78 is 1.18. The minimum atomic E-state index is -0.856. The van der Waals surface area contributed by atoms with E-state index < -0.39 is 12.0 Å². The molecule has 1 aromatic heterocycles. The first-order valence-corrected chi connectivity index (χ1v) is 8.85. The van der Waals surface area contributed by atoms with Crippen molar-refractivity contribution in [2.45, 2.75) is 31.2 Å². The second kappa shape index (κ2) is 5.10. The fourth-order valence-corrected chi connectivity index (χ4v) is 4.76. The number of aromatic nitrogens is 1. The average Bonchev–Trinajstić information content (AvgIpc) is 3.02. The number of aliphatic carboxylic acids is 1. The van der Waals surface area contributed by atoms with Gasteiger partial charge >= 0.3 is 5.97 Å². The lowest BCUT2D eigenvalue weighted by atomic mass is 9.80. The minimum Gasteiger partial charge on any atom is -0.480 e. The zero-order chi connectivity index (χ0) is 14.4. The number of carboxylic acids is 1. The molecule has 21 heavy (non-hydrogen) atoms. The van der Waals surface area contributed by atoms with Crippen molar-refractivity contribution in [1.82, 2.24) is 4.98 Å². The second-order valence-corrected chi connectivity index (χ2v) is 7.51. The van der Waals surface area contributed by atoms with Crippen LogP contribution in [-0.4, -0.2) is 32.9 Å². The van der Waals surface area contributed by atoms with Gasteiger partial charge in [-0.1, -0.05) is 12.5 Å². The molecule has 0 saturated heterocycles. The smallest absolute Gasteiger partial charge is 0.329 e. The Bertz CT molecular complexity index is 749. The lowest BCUT2D eigenvalue weighted by Crippen LogP contribution is -2.17. The maximum absolute atomic E-state index is 11.0. The van der Waals surface area contributed by atoms with E-state index in [4.69, 9.17) is 5.11 Å². The molecule has 2 heterocycles. The largest absolute Gasteiger partial charge is 0.480 e. The first kappa shape index (κ1) is 13.3. The van der Waals surface area contributed by atoms with E-state index in [9.17, 15) is 4.79 Å². The first-order valence-electron chi connectivity index (χ1n) is 7.05. The van der Waals surface area contributed by atoms with Gasteiger partial charge in [0.15, 0.2) is 6.04 Å². The summed E-state index contributed by atoms with van der Waals surface area (Å²) in [5, 5.41) is 10.6. The van der Waals surface area contributed by atoms with Crippen molar-refractivity contribution in [1.29, 1.82) is 0 Å². The fourth-order valence-electron chi connectivity index (χ4n) is 2.65. The normalized spacial score (nSPS) is 22.3. The maximum atomic E-state index is 11.0. The Labute approximate surface area is 130 Å². The third-order valence-electron chi connectivity index (χ3n) is 4.11. The summed E-state index contributed by atoms with van der Waals surface area (Å²) in [6.45, 7) is 0. The second-order valence-electron chi connectivity index (χ2n) is 5.47. The molecule has 4 nitrogen and oxygen atoms in total. The predicted molar refractivity (Wildman–Crippen MR) is 86.6 cm³/mol. The summed E-state index contributed by atoms with van der Waals surface area (Å²) in [5.41, 5.74) is 2.40. The van der Waals surface area contributed by atoms with Gasteiger partial charge in [0, 0.05) is 5.75 Å². The number of carbonyl (C=O) groups is 1. The van der Waals surface area contributed by atoms with Crippen molar-refractivity contribution >= 4 is 44.3 Å². The van der Waals surface area contributed by atoms with Gasteiger partial charge in [-0.05, 0) is 36.5 Å². The molecule has 1 N–H and O–H groups in total. The Morgan fingerprint density at radius 2 is 2.19 bits per heavy atom. The number of carboxylic acid groups (broad SMARTS) is 1. The number of benzene rings is 1. The number of nitrogens with zero attached hydrogens (tertiary/aromatic N) is 2. The molecule has 1 aliphatic heterocycles. The summed E-state index contributed by atoms with van der Waals surface area (Å²) in [6, 6.07) is 5.88. The molecule has 1 aliphatic carbocycles. The third kappa shape index (κ3) is 2.36. The summed E-state index contributed by atoms with van der Waals surface area (Å²) in [7, 11) is 0. The number of hydrogen-bond acceptors (Lipinski definition) is 5. The highest BCUT2D eigenvalue weighted by molar-refractivity contribution is 8.15. The average molecular weight is 318 g/mol. The Morgan fingerprint density at radius 3 is 2.86 bits per heavy atom. The van der Waals surface area contributed by atoms with Crippen molar-refractivity contribution < 1.29 is 9.90 Å². The molecule has 0 radical (unpaired) electrons. The molecule has 2 aromatic rings. The van der Waals surface area contributed by atoms with Crippen LogP contribution in [0.15, 0.2) is 23.2 Å². The summed E-state index contributed by atoms with van der Waals surface area (Å²) in [6.07, 6.45) is 3.92. The zero-order valence-electron chi connectivity index (χ0n) is 11.3. The van der Waals surface area contributed by atoms with Crippen LogP contribution in [0.25, 0.3) is 10.2 Å². The molecular formula is C15H14N2O2S2. The van der Waals surface area contributed by atoms with Crippen LogP contribution in [0.3, 0.4) is 0 Å². The van der Waals surface area contributed by atoms with Gasteiger partial charge in [-0.2, -0.15) is 0 Å². The summed E-state index contributed by atoms with van der Waals surface area (Å²) in [5.74, 6) is 0.369. The van der Waals surface area contributed by atoms with Crippen LogP contribution < -0.4 is 0 Å². The van der Waals surface area contributed by atoms with Crippen LogP contribution in [-0.2, 0) is 4.79 Å². The van der Waals surface area contributed by atoms with Gasteiger partial charge in [0.25, 0.3) is 0 Å². The molecule has 6 heteroatoms. The van der Waals surface area contributed by atoms with Crippen molar-refractivity contribution in [2.24, 2.45) is 4.99 Å². The van der Waals surface area contributed by atoms with E-state index in [-0.39, 0.29) is 0 Å². The highest BCUT2D eigenvalue weighted by Gasteiger charge is 2.27. The molecule has 1 fully saturated rings. The van der Waals surface area contributed by atoms with Crippen LogP contribution in [0.2, 0.25) is 0 Å². The van der Waals surface area contributed by atoms with Gasteiger partial charge in [0.05, 0.1) is 10.2 Å². The van der Waals surface area contributed by atoms with Crippen molar-refractivity contribution in [3.63, 3.8) is 0 Å². The van der Waals surface area contributed by atoms with Gasteiger partial charge in [0.1, 0.15) is 10.1 Å². The van der Waals surface area contributed by atoms with Crippen LogP contribution in [0, 0.1) is 0 Å². The van der Waals surface area contributed by atoms with E-state index >= 15 is 0 Å². The van der Waals surface area contributed by atoms with Crippen LogP contribution in [0.5, 0.6) is 0 Å². The first-order chi connectivity index (χ1) is 10.2. The van der Waals surface area contributed by atoms with E-state index in [1.54, 1.807) is 11.3 Å². The van der Waals surface area contributed by atoms with Crippen LogP contribution in [0.1, 0.15) is 35.8 Å². The molecule has 0 bridgehead atoms. The SMILES string of the molecule is O=C(O)[C@H]1CSC(c2nc3ccc(C4CCC4)cc3s2)=N1. The Hall–Kier alpha value is -1.40. The third-order valence-corrected chi connectivity index (χ3v) is 6.32. The maximum Gasteiger partial charge on any atom is 0.329 e. The van der Waals surface area contributed by atoms with Gasteiger partial charge in [-0.3, -0.25) is 4.99 Å². The zero-order valence-corrected chi connectivity index (χ0v) is 12.9.